The third-order valence-electron chi connectivity index (χ3n) is 1.58. The highest BCUT2D eigenvalue weighted by Crippen LogP contribution is 2.07. The van der Waals surface area contributed by atoms with Crippen molar-refractivity contribution in [1.29, 1.82) is 0 Å². The molecule has 1 unspecified atom stereocenters. The summed E-state index contributed by atoms with van der Waals surface area (Å²) in [4.78, 5) is 32.7. The number of rotatable bonds is 1. The zero-order valence-corrected chi connectivity index (χ0v) is 6.39. The van der Waals surface area contributed by atoms with Crippen molar-refractivity contribution in [1.82, 2.24) is 5.32 Å². The second-order valence-electron chi connectivity index (χ2n) is 2.56. The van der Waals surface area contributed by atoms with Gasteiger partial charge in [-0.1, -0.05) is 0 Å². The molecule has 7 heteroatoms. The molecule has 0 aromatic rings. The number of nitrogens with two attached hydrogens (primary N) is 1. The Kier molecular flexibility index (Phi) is 1.37. The van der Waals surface area contributed by atoms with Gasteiger partial charge < -0.3 is 5.32 Å². The average molecular weight is 179 g/mol. The second kappa shape index (κ2) is 2.30. The Morgan fingerprint density at radius 2 is 2.38 bits per heavy atom. The van der Waals surface area contributed by atoms with Crippen LogP contribution >= 0.6 is 0 Å². The number of amidine groups is 1. The molecule has 0 radical (unpaired) electrons. The van der Waals surface area contributed by atoms with Crippen LogP contribution in [0.3, 0.4) is 0 Å². The topological polar surface area (TPSA) is 109 Å². The third-order valence-corrected chi connectivity index (χ3v) is 1.58. The van der Waals surface area contributed by atoms with Crippen molar-refractivity contribution in [3.8, 4) is 0 Å². The van der Waals surface area contributed by atoms with Crippen molar-refractivity contribution >= 4 is 30.1 Å². The predicted octanol–water partition coefficient (Wildman–Crippen LogP) is -2.19. The minimum absolute atomic E-state index is 0.0860. The highest BCUT2D eigenvalue weighted by molar-refractivity contribution is 6.69. The summed E-state index contributed by atoms with van der Waals surface area (Å²) >= 11 is 0. The van der Waals surface area contributed by atoms with Gasteiger partial charge in [0.15, 0.2) is 17.8 Å². The van der Waals surface area contributed by atoms with Gasteiger partial charge in [-0.2, -0.15) is 0 Å². The monoisotopic (exact) mass is 179 g/mol. The molecule has 3 N–H and O–H groups in total. The van der Waals surface area contributed by atoms with Gasteiger partial charge in [0.1, 0.15) is 6.34 Å². The molecule has 13 heavy (non-hydrogen) atoms. The van der Waals surface area contributed by atoms with Gasteiger partial charge in [-0.25, -0.2) is 15.0 Å². The molecule has 0 aromatic heterocycles. The maximum absolute atomic E-state index is 11.2. The first-order valence-electron chi connectivity index (χ1n) is 3.43. The molecule has 0 bridgehead atoms. The van der Waals surface area contributed by atoms with Gasteiger partial charge in [0, 0.05) is 0 Å². The zero-order chi connectivity index (χ0) is 9.47. The fraction of sp³-hybridized carbons (Fsp3) is 0.167. The second-order valence-corrected chi connectivity index (χ2v) is 2.56. The number of carbonyl (C=O) groups excluding carboxylic acids is 2. The number of amides is 1. The smallest absolute Gasteiger partial charge is 0.277 e. The molecule has 1 amide bonds. The molecule has 0 aliphatic carbocycles. The normalized spacial score (nSPS) is 30.4. The van der Waals surface area contributed by atoms with Crippen LogP contribution < -0.4 is 11.1 Å². The van der Waals surface area contributed by atoms with E-state index in [0.29, 0.717) is 6.29 Å². The van der Waals surface area contributed by atoms with Gasteiger partial charge in [-0.15, -0.1) is 0 Å². The molecule has 0 aromatic carbocycles. The number of nitrogens with zero attached hydrogens (tertiary/aromatic N) is 3. The SMILES string of the molecule is NC1(C=O)N=C2N=CN=C2C(=O)N1. The largest absolute Gasteiger partial charge is 0.308 e. The Morgan fingerprint density at radius 3 is 3.08 bits per heavy atom. The van der Waals surface area contributed by atoms with Crippen molar-refractivity contribution < 1.29 is 9.59 Å². The summed E-state index contributed by atoms with van der Waals surface area (Å²) in [7, 11) is 0. The Morgan fingerprint density at radius 1 is 1.62 bits per heavy atom. The van der Waals surface area contributed by atoms with E-state index < -0.39 is 11.7 Å². The molecule has 2 rings (SSSR count). The number of hydrogen-bond acceptors (Lipinski definition) is 6. The first-order valence-corrected chi connectivity index (χ1v) is 3.43. The summed E-state index contributed by atoms with van der Waals surface area (Å²) in [5.74, 6) is -2.15. The highest BCUT2D eigenvalue weighted by atomic mass is 16.2. The van der Waals surface area contributed by atoms with E-state index in [1.807, 2.05) is 0 Å². The summed E-state index contributed by atoms with van der Waals surface area (Å²) in [6.45, 7) is 0. The van der Waals surface area contributed by atoms with Gasteiger partial charge in [0.05, 0.1) is 0 Å². The summed E-state index contributed by atoms with van der Waals surface area (Å²) in [6, 6.07) is 0. The molecular weight excluding hydrogens is 174 g/mol. The molecule has 2 aliphatic heterocycles. The maximum Gasteiger partial charge on any atom is 0.277 e. The van der Waals surface area contributed by atoms with Crippen LogP contribution in [0.15, 0.2) is 15.0 Å². The molecule has 2 aliphatic rings. The maximum atomic E-state index is 11.2. The summed E-state index contributed by atoms with van der Waals surface area (Å²) in [5.41, 5.74) is 5.47. The van der Waals surface area contributed by atoms with Crippen LogP contribution in [0.5, 0.6) is 0 Å². The molecular formula is C6H5N5O2. The standard InChI is InChI=1S/C6H5N5O2/c7-6(1-12)10-4-3(5(13)11-6)8-2-9-4/h1-2H,7H2,(H,11,13). The molecule has 0 spiro atoms. The first kappa shape index (κ1) is 7.74. The molecule has 0 saturated heterocycles. The quantitative estimate of drug-likeness (QED) is 0.446. The van der Waals surface area contributed by atoms with E-state index in [0.717, 1.165) is 0 Å². The lowest BCUT2D eigenvalue weighted by atomic mass is 10.2. The molecule has 7 nitrogen and oxygen atoms in total. The summed E-state index contributed by atoms with van der Waals surface area (Å²) < 4.78 is 0. The van der Waals surface area contributed by atoms with Crippen LogP contribution in [-0.4, -0.2) is 35.9 Å². The fourth-order valence-electron chi connectivity index (χ4n) is 1.00. The number of aldehydes is 1. The van der Waals surface area contributed by atoms with Crippen molar-refractivity contribution in [3.05, 3.63) is 0 Å². The molecule has 2 heterocycles. The van der Waals surface area contributed by atoms with Crippen molar-refractivity contribution in [3.63, 3.8) is 0 Å². The zero-order valence-electron chi connectivity index (χ0n) is 6.39. The van der Waals surface area contributed by atoms with Crippen LogP contribution in [0.25, 0.3) is 0 Å². The highest BCUT2D eigenvalue weighted by Gasteiger charge is 2.36. The van der Waals surface area contributed by atoms with Crippen LogP contribution in [0, 0.1) is 0 Å². The molecule has 0 fully saturated rings. The van der Waals surface area contributed by atoms with E-state index in [4.69, 9.17) is 5.73 Å². The Balaban J connectivity index is 2.50. The van der Waals surface area contributed by atoms with E-state index in [2.05, 4.69) is 20.3 Å². The lowest BCUT2D eigenvalue weighted by Gasteiger charge is -2.23. The Bertz CT molecular complexity index is 382. The number of aliphatic imine (C=N–C) groups is 3. The number of fused-ring (bicyclic) bond motifs is 1. The van der Waals surface area contributed by atoms with E-state index in [1.54, 1.807) is 0 Å². The van der Waals surface area contributed by atoms with Crippen molar-refractivity contribution in [2.75, 3.05) is 0 Å². The average Bonchev–Trinajstić information content (AvgIpc) is 2.52. The van der Waals surface area contributed by atoms with Gasteiger partial charge in [-0.05, 0) is 0 Å². The minimum Gasteiger partial charge on any atom is -0.308 e. The predicted molar refractivity (Wildman–Crippen MR) is 44.5 cm³/mol. The van der Waals surface area contributed by atoms with E-state index in [9.17, 15) is 9.59 Å². The molecule has 1 atom stereocenters. The van der Waals surface area contributed by atoms with Crippen LogP contribution in [0.1, 0.15) is 0 Å². The minimum atomic E-state index is -1.70. The number of nitrogens with one attached hydrogen (secondary N) is 1. The van der Waals surface area contributed by atoms with E-state index in [1.165, 1.54) is 6.34 Å². The molecule has 66 valence electrons. The van der Waals surface area contributed by atoms with E-state index >= 15 is 0 Å². The number of carbonyl (C=O) groups is 2. The Hall–Kier alpha value is -1.89. The van der Waals surface area contributed by atoms with Gasteiger partial charge in [0.2, 0.25) is 5.79 Å². The van der Waals surface area contributed by atoms with Gasteiger partial charge in [-0.3, -0.25) is 15.3 Å². The lowest BCUT2D eigenvalue weighted by Crippen LogP contribution is -2.61. The summed E-state index contributed by atoms with van der Waals surface area (Å²) in [6.07, 6.45) is 1.52. The van der Waals surface area contributed by atoms with Crippen LogP contribution in [-0.2, 0) is 9.59 Å². The Labute approximate surface area is 72.5 Å². The lowest BCUT2D eigenvalue weighted by molar-refractivity contribution is -0.122. The van der Waals surface area contributed by atoms with E-state index in [-0.39, 0.29) is 11.5 Å². The molecule has 0 saturated carbocycles. The van der Waals surface area contributed by atoms with Crippen LogP contribution in [0.4, 0.5) is 0 Å². The van der Waals surface area contributed by atoms with Gasteiger partial charge in [0.25, 0.3) is 5.91 Å². The van der Waals surface area contributed by atoms with Crippen molar-refractivity contribution in [2.45, 2.75) is 5.79 Å². The fourth-order valence-corrected chi connectivity index (χ4v) is 1.00. The number of hydrogen-bond donors (Lipinski definition) is 2. The van der Waals surface area contributed by atoms with Gasteiger partial charge >= 0.3 is 0 Å². The van der Waals surface area contributed by atoms with Crippen LogP contribution in [0.2, 0.25) is 0 Å². The first-order chi connectivity index (χ1) is 6.14. The third kappa shape index (κ3) is 1.05. The van der Waals surface area contributed by atoms with Crippen molar-refractivity contribution in [2.24, 2.45) is 20.7 Å². The summed E-state index contributed by atoms with van der Waals surface area (Å²) in [5, 5.41) is 2.19.